The lowest BCUT2D eigenvalue weighted by Gasteiger charge is -2.26. The van der Waals surface area contributed by atoms with Gasteiger partial charge in [0, 0.05) is 11.5 Å². The van der Waals surface area contributed by atoms with Crippen molar-refractivity contribution in [2.45, 2.75) is 5.92 Å². The molecule has 0 fully saturated rings. The van der Waals surface area contributed by atoms with E-state index in [1.54, 1.807) is 18.2 Å². The number of aldehydes is 1. The minimum Gasteiger partial charge on any atom is -0.448 e. The van der Waals surface area contributed by atoms with Gasteiger partial charge in [-0.2, -0.15) is 0 Å². The van der Waals surface area contributed by atoms with Crippen LogP contribution in [0.25, 0.3) is 0 Å². The molecule has 3 rings (SSSR count). The van der Waals surface area contributed by atoms with Gasteiger partial charge in [0.05, 0.1) is 5.56 Å². The molecule has 0 radical (unpaired) electrons. The molecular formula is C16H13O5P. The largest absolute Gasteiger partial charge is 0.448 e. The molecule has 1 heterocycles. The van der Waals surface area contributed by atoms with E-state index in [4.69, 9.17) is 4.74 Å². The normalized spacial score (nSPS) is 17.2. The van der Waals surface area contributed by atoms with Gasteiger partial charge in [0.25, 0.3) is 0 Å². The van der Waals surface area contributed by atoms with E-state index >= 15 is 0 Å². The summed E-state index contributed by atoms with van der Waals surface area (Å²) in [5.74, 6) is -0.181. The van der Waals surface area contributed by atoms with Crippen molar-refractivity contribution in [1.82, 2.24) is 0 Å². The zero-order valence-electron chi connectivity index (χ0n) is 11.4. The second kappa shape index (κ2) is 5.54. The van der Waals surface area contributed by atoms with Crippen molar-refractivity contribution in [2.24, 2.45) is 0 Å². The molecule has 1 aliphatic rings. The molecule has 0 saturated heterocycles. The van der Waals surface area contributed by atoms with E-state index in [1.807, 2.05) is 30.3 Å². The second-order valence-corrected chi connectivity index (χ2v) is 6.45. The van der Waals surface area contributed by atoms with Crippen LogP contribution in [0.15, 0.2) is 60.1 Å². The minimum atomic E-state index is -4.56. The Morgan fingerprint density at radius 2 is 1.77 bits per heavy atom. The number of fused-ring (bicyclic) bond motifs is 1. The van der Waals surface area contributed by atoms with E-state index in [1.165, 1.54) is 6.08 Å². The fraction of sp³-hybridized carbons (Fsp3) is 0.0625. The molecule has 0 aliphatic carbocycles. The highest BCUT2D eigenvalue weighted by Crippen LogP contribution is 2.52. The van der Waals surface area contributed by atoms with Crippen LogP contribution in [-0.4, -0.2) is 16.1 Å². The van der Waals surface area contributed by atoms with Gasteiger partial charge in [-0.25, -0.2) is 0 Å². The van der Waals surface area contributed by atoms with Crippen molar-refractivity contribution in [3.63, 3.8) is 0 Å². The van der Waals surface area contributed by atoms with Crippen LogP contribution < -0.4 is 4.74 Å². The van der Waals surface area contributed by atoms with Gasteiger partial charge in [-0.15, -0.1) is 0 Å². The summed E-state index contributed by atoms with van der Waals surface area (Å²) in [5, 5.41) is 0. The zero-order chi connectivity index (χ0) is 15.7. The van der Waals surface area contributed by atoms with Crippen LogP contribution >= 0.6 is 7.60 Å². The Bertz CT molecular complexity index is 791. The van der Waals surface area contributed by atoms with Crippen LogP contribution in [0.5, 0.6) is 5.75 Å². The standard InChI is InChI=1S/C16H13O5P/c17-10-12-7-4-8-13-14(11-5-2-1-3-6-11)9-15(21-16(12)13)22(18,19)20/h1-10,14H,(H2,18,19,20). The first-order valence-corrected chi connectivity index (χ1v) is 8.21. The van der Waals surface area contributed by atoms with E-state index in [0.717, 1.165) is 5.56 Å². The van der Waals surface area contributed by atoms with Crippen molar-refractivity contribution in [2.75, 3.05) is 0 Å². The third-order valence-corrected chi connectivity index (χ3v) is 4.31. The summed E-state index contributed by atoms with van der Waals surface area (Å²) in [6.45, 7) is 0. The molecule has 0 amide bonds. The van der Waals surface area contributed by atoms with Gasteiger partial charge in [0.15, 0.2) is 6.29 Å². The van der Waals surface area contributed by atoms with E-state index < -0.39 is 13.1 Å². The number of benzene rings is 2. The Balaban J connectivity index is 2.22. The second-order valence-electron chi connectivity index (χ2n) is 4.92. The molecule has 1 unspecified atom stereocenters. The summed E-state index contributed by atoms with van der Waals surface area (Å²) >= 11 is 0. The average molecular weight is 316 g/mol. The van der Waals surface area contributed by atoms with Crippen molar-refractivity contribution >= 4 is 13.9 Å². The average Bonchev–Trinajstić information content (AvgIpc) is 2.53. The first-order valence-electron chi connectivity index (χ1n) is 6.59. The molecule has 0 bridgehead atoms. The molecule has 0 saturated carbocycles. The van der Waals surface area contributed by atoms with E-state index in [0.29, 0.717) is 11.8 Å². The summed E-state index contributed by atoms with van der Waals surface area (Å²) in [6, 6.07) is 14.3. The number of rotatable bonds is 3. The highest BCUT2D eigenvalue weighted by atomic mass is 31.2. The monoisotopic (exact) mass is 316 g/mol. The van der Waals surface area contributed by atoms with E-state index in [9.17, 15) is 19.1 Å². The molecule has 1 aliphatic heterocycles. The topological polar surface area (TPSA) is 83.8 Å². The Hall–Kier alpha value is -2.20. The zero-order valence-corrected chi connectivity index (χ0v) is 12.3. The number of allylic oxidation sites excluding steroid dienone is 1. The molecule has 2 N–H and O–H groups in total. The molecule has 0 spiro atoms. The molecule has 5 nitrogen and oxygen atoms in total. The van der Waals surface area contributed by atoms with E-state index in [2.05, 4.69) is 0 Å². The predicted molar refractivity (Wildman–Crippen MR) is 80.9 cm³/mol. The predicted octanol–water partition coefficient (Wildman–Crippen LogP) is 3.04. The van der Waals surface area contributed by atoms with Crippen LogP contribution in [0.4, 0.5) is 0 Å². The molecule has 112 valence electrons. The molecule has 1 atom stereocenters. The maximum Gasteiger partial charge on any atom is 0.390 e. The number of para-hydroxylation sites is 1. The number of carbonyl (C=O) groups is 1. The lowest BCUT2D eigenvalue weighted by molar-refractivity contribution is 0.112. The van der Waals surface area contributed by atoms with Crippen molar-refractivity contribution in [3.8, 4) is 5.75 Å². The SMILES string of the molecule is O=Cc1cccc2c1OC(P(=O)(O)O)=CC2c1ccccc1. The van der Waals surface area contributed by atoms with Gasteiger partial charge in [0.1, 0.15) is 5.75 Å². The number of hydrogen-bond acceptors (Lipinski definition) is 3. The third kappa shape index (κ3) is 2.62. The van der Waals surface area contributed by atoms with E-state index in [-0.39, 0.29) is 17.2 Å². The van der Waals surface area contributed by atoms with Crippen molar-refractivity contribution in [1.29, 1.82) is 0 Å². The Labute approximate surface area is 127 Å². The molecular weight excluding hydrogens is 303 g/mol. The van der Waals surface area contributed by atoms with Crippen LogP contribution in [0.1, 0.15) is 27.4 Å². The van der Waals surface area contributed by atoms with Crippen LogP contribution in [0.2, 0.25) is 0 Å². The number of hydrogen-bond donors (Lipinski definition) is 2. The molecule has 0 aromatic heterocycles. The fourth-order valence-electron chi connectivity index (χ4n) is 2.49. The van der Waals surface area contributed by atoms with Gasteiger partial charge in [-0.3, -0.25) is 9.36 Å². The fourth-order valence-corrected chi connectivity index (χ4v) is 3.05. The van der Waals surface area contributed by atoms with Crippen LogP contribution in [-0.2, 0) is 4.57 Å². The van der Waals surface area contributed by atoms with Crippen molar-refractivity contribution in [3.05, 3.63) is 76.8 Å². The Morgan fingerprint density at radius 1 is 1.05 bits per heavy atom. The first kappa shape index (κ1) is 14.7. The quantitative estimate of drug-likeness (QED) is 0.671. The van der Waals surface area contributed by atoms with Crippen LogP contribution in [0.3, 0.4) is 0 Å². The smallest absolute Gasteiger partial charge is 0.390 e. The summed E-state index contributed by atoms with van der Waals surface area (Å²) in [5.41, 5.74) is 1.40. The maximum atomic E-state index is 11.6. The van der Waals surface area contributed by atoms with Crippen molar-refractivity contribution < 1.29 is 23.9 Å². The summed E-state index contributed by atoms with van der Waals surface area (Å²) in [4.78, 5) is 30.0. The minimum absolute atomic E-state index is 0.201. The van der Waals surface area contributed by atoms with Gasteiger partial charge < -0.3 is 14.5 Å². The molecule has 22 heavy (non-hydrogen) atoms. The van der Waals surface area contributed by atoms with Crippen LogP contribution in [0, 0.1) is 0 Å². The molecule has 2 aromatic carbocycles. The van der Waals surface area contributed by atoms with Gasteiger partial charge in [-0.05, 0) is 17.7 Å². The summed E-state index contributed by atoms with van der Waals surface area (Å²) in [6.07, 6.45) is 2.02. The van der Waals surface area contributed by atoms with Gasteiger partial charge in [0.2, 0.25) is 5.50 Å². The molecule has 2 aromatic rings. The third-order valence-electron chi connectivity index (χ3n) is 3.50. The lowest BCUT2D eigenvalue weighted by atomic mass is 9.88. The summed E-state index contributed by atoms with van der Waals surface area (Å²) in [7, 11) is -4.56. The highest BCUT2D eigenvalue weighted by molar-refractivity contribution is 7.56. The molecule has 6 heteroatoms. The number of carbonyl (C=O) groups excluding carboxylic acids is 1. The Morgan fingerprint density at radius 3 is 2.41 bits per heavy atom. The van der Waals surface area contributed by atoms with Gasteiger partial charge in [-0.1, -0.05) is 42.5 Å². The first-order chi connectivity index (χ1) is 10.5. The summed E-state index contributed by atoms with van der Waals surface area (Å²) < 4.78 is 16.9. The van der Waals surface area contributed by atoms with Gasteiger partial charge >= 0.3 is 7.60 Å². The highest BCUT2D eigenvalue weighted by Gasteiger charge is 2.33. The Kier molecular flexibility index (Phi) is 3.71. The lowest BCUT2D eigenvalue weighted by Crippen LogP contribution is -2.12. The number of ether oxygens (including phenoxy) is 1. The maximum absolute atomic E-state index is 11.6.